The molecule has 2 fully saturated rings. The molecule has 4 rings (SSSR count). The van der Waals surface area contributed by atoms with E-state index in [0.29, 0.717) is 0 Å². The van der Waals surface area contributed by atoms with Gasteiger partial charge in [0.15, 0.2) is 0 Å². The highest BCUT2D eigenvalue weighted by atomic mass is 19.4. The Morgan fingerprint density at radius 2 is 1.28 bits per heavy atom. The first kappa shape index (κ1) is 29.7. The van der Waals surface area contributed by atoms with Crippen molar-refractivity contribution < 1.29 is 35.5 Å². The van der Waals surface area contributed by atoms with Crippen molar-refractivity contribution in [2.45, 2.75) is 102 Å². The van der Waals surface area contributed by atoms with Gasteiger partial charge in [-0.1, -0.05) is 57.6 Å². The Balaban J connectivity index is 1.30. The molecule has 1 nitrogen and oxygen atoms in total. The van der Waals surface area contributed by atoms with Gasteiger partial charge in [-0.15, -0.1) is 0 Å². The molecule has 0 aromatic heterocycles. The lowest BCUT2D eigenvalue weighted by molar-refractivity contribution is -0.185. The van der Waals surface area contributed by atoms with E-state index >= 15 is 0 Å². The van der Waals surface area contributed by atoms with Crippen molar-refractivity contribution in [3.63, 3.8) is 0 Å². The lowest BCUT2D eigenvalue weighted by Gasteiger charge is -2.38. The van der Waals surface area contributed by atoms with Crippen LogP contribution in [0.2, 0.25) is 0 Å². The van der Waals surface area contributed by atoms with Crippen LogP contribution in [0.5, 0.6) is 5.75 Å². The Kier molecular flexibility index (Phi) is 9.53. The molecule has 0 bridgehead atoms. The molecule has 0 N–H and O–H groups in total. The molecule has 0 unspecified atom stereocenters. The SMILES string of the molecule is CCCCC[C@H]1CC[C@H](C2CCC(c3ccc(C(F)(F)Oc4cc(F)c(C(F)(F)F)c(F)c4)cc3)CC2)CC1. The summed E-state index contributed by atoms with van der Waals surface area (Å²) in [4.78, 5) is 0. The number of ether oxygens (including phenoxy) is 1. The van der Waals surface area contributed by atoms with Gasteiger partial charge in [0.25, 0.3) is 0 Å². The molecular formula is C31H37F7O. The number of rotatable bonds is 9. The first-order valence-corrected chi connectivity index (χ1v) is 14.2. The molecule has 2 aromatic carbocycles. The summed E-state index contributed by atoms with van der Waals surface area (Å²) in [5, 5.41) is 0. The maximum absolute atomic E-state index is 14.7. The van der Waals surface area contributed by atoms with E-state index in [9.17, 15) is 30.7 Å². The quantitative estimate of drug-likeness (QED) is 0.220. The topological polar surface area (TPSA) is 9.23 Å². The third-order valence-electron chi connectivity index (χ3n) is 8.81. The zero-order chi connectivity index (χ0) is 28.2. The lowest BCUT2D eigenvalue weighted by Crippen LogP contribution is -2.25. The van der Waals surface area contributed by atoms with Crippen LogP contribution in [0.15, 0.2) is 36.4 Å². The largest absolute Gasteiger partial charge is 0.429 e. The van der Waals surface area contributed by atoms with Gasteiger partial charge in [0.1, 0.15) is 22.9 Å². The third-order valence-corrected chi connectivity index (χ3v) is 8.81. The molecule has 0 saturated heterocycles. The predicted octanol–water partition coefficient (Wildman–Crippen LogP) is 10.8. The van der Waals surface area contributed by atoms with Crippen molar-refractivity contribution in [3.8, 4) is 5.75 Å². The average Bonchev–Trinajstić information content (AvgIpc) is 2.88. The molecule has 2 aromatic rings. The minimum atomic E-state index is -5.29. The third kappa shape index (κ3) is 7.49. The molecule has 2 aliphatic rings. The van der Waals surface area contributed by atoms with Crippen LogP contribution < -0.4 is 4.74 Å². The summed E-state index contributed by atoms with van der Waals surface area (Å²) in [5.74, 6) is -2.35. The van der Waals surface area contributed by atoms with Crippen molar-refractivity contribution in [1.29, 1.82) is 0 Å². The highest BCUT2D eigenvalue weighted by Crippen LogP contribution is 2.45. The minimum Gasteiger partial charge on any atom is -0.429 e. The summed E-state index contributed by atoms with van der Waals surface area (Å²) >= 11 is 0. The molecule has 0 radical (unpaired) electrons. The number of benzene rings is 2. The van der Waals surface area contributed by atoms with Crippen molar-refractivity contribution in [3.05, 3.63) is 64.7 Å². The van der Waals surface area contributed by atoms with E-state index in [1.54, 1.807) is 12.1 Å². The molecule has 0 atom stereocenters. The van der Waals surface area contributed by atoms with E-state index in [-0.39, 0.29) is 18.1 Å². The van der Waals surface area contributed by atoms with Crippen LogP contribution in [0.3, 0.4) is 0 Å². The first-order valence-electron chi connectivity index (χ1n) is 14.2. The zero-order valence-corrected chi connectivity index (χ0v) is 22.3. The molecule has 0 heterocycles. The van der Waals surface area contributed by atoms with Crippen LogP contribution in [0, 0.1) is 29.4 Å². The van der Waals surface area contributed by atoms with E-state index in [1.807, 2.05) is 0 Å². The monoisotopic (exact) mass is 558 g/mol. The van der Waals surface area contributed by atoms with Crippen molar-refractivity contribution in [2.24, 2.45) is 17.8 Å². The van der Waals surface area contributed by atoms with Crippen molar-refractivity contribution in [2.75, 3.05) is 0 Å². The fourth-order valence-corrected chi connectivity index (χ4v) is 6.59. The molecule has 2 saturated carbocycles. The van der Waals surface area contributed by atoms with E-state index in [1.165, 1.54) is 63.5 Å². The highest BCUT2D eigenvalue weighted by Gasteiger charge is 2.40. The number of halogens is 7. The van der Waals surface area contributed by atoms with Gasteiger partial charge in [0, 0.05) is 12.1 Å². The standard InChI is InChI=1S/C31H37F7O/c1-2-3-4-5-20-6-8-21(9-7-20)22-10-12-23(13-11-22)24-14-16-25(17-15-24)31(37,38)39-26-18-27(32)29(28(33)19-26)30(34,35)36/h14-23H,2-13H2,1H3/t20-,21-,22?,23?. The number of hydrogen-bond donors (Lipinski definition) is 0. The Morgan fingerprint density at radius 3 is 1.79 bits per heavy atom. The Labute approximate surface area is 226 Å². The van der Waals surface area contributed by atoms with Gasteiger partial charge in [0.2, 0.25) is 0 Å². The molecule has 39 heavy (non-hydrogen) atoms. The summed E-state index contributed by atoms with van der Waals surface area (Å²) in [6.45, 7) is 2.24. The van der Waals surface area contributed by atoms with E-state index in [0.717, 1.165) is 49.0 Å². The van der Waals surface area contributed by atoms with Crippen LogP contribution in [0.4, 0.5) is 30.7 Å². The fraction of sp³-hybridized carbons (Fsp3) is 0.613. The molecule has 0 amide bonds. The molecule has 216 valence electrons. The molecule has 2 aliphatic carbocycles. The summed E-state index contributed by atoms with van der Waals surface area (Å²) in [6.07, 6.45) is 5.67. The van der Waals surface area contributed by atoms with Gasteiger partial charge in [-0.3, -0.25) is 0 Å². The van der Waals surface area contributed by atoms with Gasteiger partial charge in [0.05, 0.1) is 5.56 Å². The van der Waals surface area contributed by atoms with Crippen LogP contribution in [0.1, 0.15) is 107 Å². The van der Waals surface area contributed by atoms with Crippen LogP contribution in [-0.4, -0.2) is 0 Å². The average molecular weight is 559 g/mol. The van der Waals surface area contributed by atoms with E-state index in [2.05, 4.69) is 11.7 Å². The summed E-state index contributed by atoms with van der Waals surface area (Å²) in [6, 6.07) is 5.88. The van der Waals surface area contributed by atoms with Gasteiger partial charge >= 0.3 is 12.3 Å². The first-order chi connectivity index (χ1) is 18.5. The number of hydrogen-bond acceptors (Lipinski definition) is 1. The Hall–Kier alpha value is -2.25. The molecular weight excluding hydrogens is 521 g/mol. The van der Waals surface area contributed by atoms with E-state index in [4.69, 9.17) is 0 Å². The van der Waals surface area contributed by atoms with E-state index < -0.39 is 40.8 Å². The summed E-state index contributed by atoms with van der Waals surface area (Å²) in [7, 11) is 0. The fourth-order valence-electron chi connectivity index (χ4n) is 6.59. The maximum Gasteiger partial charge on any atom is 0.426 e. The Morgan fingerprint density at radius 1 is 0.744 bits per heavy atom. The van der Waals surface area contributed by atoms with Gasteiger partial charge < -0.3 is 4.74 Å². The second-order valence-electron chi connectivity index (χ2n) is 11.4. The smallest absolute Gasteiger partial charge is 0.426 e. The second-order valence-corrected chi connectivity index (χ2v) is 11.4. The normalized spacial score (nSPS) is 24.5. The molecule has 0 spiro atoms. The van der Waals surface area contributed by atoms with Crippen molar-refractivity contribution >= 4 is 0 Å². The van der Waals surface area contributed by atoms with Crippen molar-refractivity contribution in [1.82, 2.24) is 0 Å². The maximum atomic E-state index is 14.7. The van der Waals surface area contributed by atoms with Crippen LogP contribution in [0.25, 0.3) is 0 Å². The van der Waals surface area contributed by atoms with Gasteiger partial charge in [-0.05, 0) is 79.9 Å². The highest BCUT2D eigenvalue weighted by molar-refractivity contribution is 5.34. The number of unbranched alkanes of at least 4 members (excludes halogenated alkanes) is 2. The zero-order valence-electron chi connectivity index (χ0n) is 22.3. The molecule has 0 aliphatic heterocycles. The lowest BCUT2D eigenvalue weighted by atomic mass is 9.68. The van der Waals surface area contributed by atoms with Gasteiger partial charge in [-0.2, -0.15) is 22.0 Å². The van der Waals surface area contributed by atoms with Crippen LogP contribution >= 0.6 is 0 Å². The predicted molar refractivity (Wildman–Crippen MR) is 137 cm³/mol. The second kappa shape index (κ2) is 12.5. The Bertz CT molecular complexity index is 1040. The number of alkyl halides is 5. The molecule has 8 heteroatoms. The summed E-state index contributed by atoms with van der Waals surface area (Å²) < 4.78 is 99.6. The minimum absolute atomic E-state index is 0.117. The van der Waals surface area contributed by atoms with Gasteiger partial charge in [-0.25, -0.2) is 8.78 Å². The van der Waals surface area contributed by atoms with Crippen LogP contribution in [-0.2, 0) is 12.3 Å². The summed E-state index contributed by atoms with van der Waals surface area (Å²) in [5.41, 5.74) is -1.73.